The first-order valence-electron chi connectivity index (χ1n) is 3.63. The highest BCUT2D eigenvalue weighted by Gasteiger charge is 2.12. The number of nitrogens with one attached hydrogen (secondary N) is 1. The van der Waals surface area contributed by atoms with Gasteiger partial charge in [0.1, 0.15) is 0 Å². The van der Waals surface area contributed by atoms with Crippen LogP contribution in [-0.4, -0.2) is 28.4 Å². The summed E-state index contributed by atoms with van der Waals surface area (Å²) in [6.45, 7) is 1.90. The lowest BCUT2D eigenvalue weighted by Gasteiger charge is -2.12. The topological polar surface area (TPSA) is 52.0 Å². The number of rotatable bonds is 1. The Hall–Kier alpha value is -1.26. The maximum Gasteiger partial charge on any atom is 0.337 e. The van der Waals surface area contributed by atoms with Gasteiger partial charge in [-0.25, -0.2) is 4.68 Å². The van der Waals surface area contributed by atoms with Gasteiger partial charge in [0.25, 0.3) is 0 Å². The van der Waals surface area contributed by atoms with Gasteiger partial charge in [-0.2, -0.15) is 4.98 Å². The largest absolute Gasteiger partial charge is 0.466 e. The van der Waals surface area contributed by atoms with E-state index in [0.29, 0.717) is 6.01 Å². The predicted molar refractivity (Wildman–Crippen MR) is 39.7 cm³/mol. The summed E-state index contributed by atoms with van der Waals surface area (Å²) in [5.74, 6) is 0.813. The highest BCUT2D eigenvalue weighted by molar-refractivity contribution is 5.27. The van der Waals surface area contributed by atoms with E-state index in [4.69, 9.17) is 4.74 Å². The van der Waals surface area contributed by atoms with Crippen LogP contribution in [0.3, 0.4) is 0 Å². The molecule has 0 spiro atoms. The van der Waals surface area contributed by atoms with Gasteiger partial charge in [0.2, 0.25) is 5.95 Å². The molecule has 0 unspecified atom stereocenters. The maximum absolute atomic E-state index is 4.88. The summed E-state index contributed by atoms with van der Waals surface area (Å²) in [7, 11) is 1.57. The third-order valence-corrected chi connectivity index (χ3v) is 1.66. The highest BCUT2D eigenvalue weighted by Crippen LogP contribution is 2.13. The zero-order valence-electron chi connectivity index (χ0n) is 6.37. The lowest BCUT2D eigenvalue weighted by atomic mass is 10.4. The Morgan fingerprint density at radius 2 is 2.55 bits per heavy atom. The molecule has 2 heterocycles. The number of aryl methyl sites for hydroxylation is 1. The van der Waals surface area contributed by atoms with Gasteiger partial charge in [0.05, 0.1) is 7.11 Å². The number of nitrogens with zero attached hydrogens (tertiary/aromatic N) is 3. The smallest absolute Gasteiger partial charge is 0.337 e. The Bertz CT molecular complexity index is 234. The molecule has 0 saturated carbocycles. The molecular weight excluding hydrogens is 144 g/mol. The Morgan fingerprint density at radius 1 is 1.64 bits per heavy atom. The van der Waals surface area contributed by atoms with Gasteiger partial charge < -0.3 is 10.1 Å². The summed E-state index contributed by atoms with van der Waals surface area (Å²) in [5, 5.41) is 7.22. The number of ether oxygens (including phenoxy) is 1. The molecule has 0 aromatic carbocycles. The van der Waals surface area contributed by atoms with E-state index in [-0.39, 0.29) is 0 Å². The molecule has 0 fully saturated rings. The van der Waals surface area contributed by atoms with E-state index < -0.39 is 0 Å². The Balaban J connectivity index is 2.32. The summed E-state index contributed by atoms with van der Waals surface area (Å²) < 4.78 is 6.71. The van der Waals surface area contributed by atoms with Gasteiger partial charge >= 0.3 is 6.01 Å². The molecule has 11 heavy (non-hydrogen) atoms. The van der Waals surface area contributed by atoms with Crippen LogP contribution in [0.5, 0.6) is 6.01 Å². The predicted octanol–water partition coefficient (Wildman–Crippen LogP) is 0.102. The second kappa shape index (κ2) is 2.41. The van der Waals surface area contributed by atoms with Crippen molar-refractivity contribution in [1.29, 1.82) is 0 Å². The molecule has 0 bridgehead atoms. The molecule has 1 aliphatic rings. The van der Waals surface area contributed by atoms with E-state index in [1.165, 1.54) is 0 Å². The summed E-state index contributed by atoms with van der Waals surface area (Å²) in [6, 6.07) is 0.439. The Kier molecular flexibility index (Phi) is 1.41. The molecule has 5 nitrogen and oxygen atoms in total. The van der Waals surface area contributed by atoms with Gasteiger partial charge in [-0.05, 0) is 6.42 Å². The molecule has 0 radical (unpaired) electrons. The Labute approximate surface area is 64.4 Å². The third-order valence-electron chi connectivity index (χ3n) is 1.66. The molecule has 1 N–H and O–H groups in total. The summed E-state index contributed by atoms with van der Waals surface area (Å²) in [5.41, 5.74) is 0. The van der Waals surface area contributed by atoms with Gasteiger partial charge in [-0.15, -0.1) is 5.10 Å². The zero-order valence-corrected chi connectivity index (χ0v) is 6.37. The first kappa shape index (κ1) is 6.45. The fourth-order valence-corrected chi connectivity index (χ4v) is 1.12. The van der Waals surface area contributed by atoms with E-state index >= 15 is 0 Å². The van der Waals surface area contributed by atoms with E-state index in [0.717, 1.165) is 25.5 Å². The number of hydrogen-bond acceptors (Lipinski definition) is 4. The summed E-state index contributed by atoms with van der Waals surface area (Å²) >= 11 is 0. The molecule has 2 rings (SSSR count). The summed E-state index contributed by atoms with van der Waals surface area (Å²) in [4.78, 5) is 4.09. The second-order valence-corrected chi connectivity index (χ2v) is 2.43. The minimum absolute atomic E-state index is 0.439. The van der Waals surface area contributed by atoms with Crippen molar-refractivity contribution in [2.45, 2.75) is 13.0 Å². The average molecular weight is 154 g/mol. The zero-order chi connectivity index (χ0) is 7.68. The van der Waals surface area contributed by atoms with Gasteiger partial charge in [0.15, 0.2) is 0 Å². The van der Waals surface area contributed by atoms with Crippen molar-refractivity contribution in [3.8, 4) is 6.01 Å². The average Bonchev–Trinajstić information content (AvgIpc) is 2.46. The van der Waals surface area contributed by atoms with Crippen LogP contribution >= 0.6 is 0 Å². The van der Waals surface area contributed by atoms with Crippen molar-refractivity contribution >= 4 is 5.95 Å². The summed E-state index contributed by atoms with van der Waals surface area (Å²) in [6.07, 6.45) is 1.10. The maximum atomic E-state index is 4.88. The van der Waals surface area contributed by atoms with Crippen molar-refractivity contribution in [1.82, 2.24) is 14.8 Å². The molecule has 1 aliphatic heterocycles. The standard InChI is InChI=1S/C6H10N4O/c1-11-6-8-5-7-3-2-4-10(5)9-6/h2-4H2,1H3,(H,7,8,9). The fraction of sp³-hybridized carbons (Fsp3) is 0.667. The second-order valence-electron chi connectivity index (χ2n) is 2.43. The monoisotopic (exact) mass is 154 g/mol. The van der Waals surface area contributed by atoms with Crippen molar-refractivity contribution < 1.29 is 4.74 Å². The van der Waals surface area contributed by atoms with Crippen LogP contribution in [0.1, 0.15) is 6.42 Å². The van der Waals surface area contributed by atoms with E-state index in [1.807, 2.05) is 4.68 Å². The molecule has 60 valence electrons. The lowest BCUT2D eigenvalue weighted by molar-refractivity contribution is 0.375. The molecule has 0 atom stereocenters. The quantitative estimate of drug-likeness (QED) is 0.623. The van der Waals surface area contributed by atoms with Crippen LogP contribution in [0.2, 0.25) is 0 Å². The van der Waals surface area contributed by atoms with Gasteiger partial charge in [-0.3, -0.25) is 0 Å². The highest BCUT2D eigenvalue weighted by atomic mass is 16.5. The van der Waals surface area contributed by atoms with Crippen LogP contribution < -0.4 is 10.1 Å². The first-order chi connectivity index (χ1) is 5.40. The van der Waals surface area contributed by atoms with Crippen molar-refractivity contribution in [2.24, 2.45) is 0 Å². The Morgan fingerprint density at radius 3 is 3.27 bits per heavy atom. The van der Waals surface area contributed by atoms with Gasteiger partial charge in [-0.1, -0.05) is 0 Å². The van der Waals surface area contributed by atoms with Crippen LogP contribution in [0.15, 0.2) is 0 Å². The molecule has 5 heteroatoms. The SMILES string of the molecule is COc1nc2n(n1)CCCN2. The molecule has 0 saturated heterocycles. The molecule has 1 aromatic heterocycles. The van der Waals surface area contributed by atoms with Crippen LogP contribution in [0.4, 0.5) is 5.95 Å². The van der Waals surface area contributed by atoms with Crippen LogP contribution in [0, 0.1) is 0 Å². The molecule has 0 amide bonds. The minimum Gasteiger partial charge on any atom is -0.466 e. The third kappa shape index (κ3) is 1.02. The van der Waals surface area contributed by atoms with E-state index in [1.54, 1.807) is 7.11 Å². The minimum atomic E-state index is 0.439. The van der Waals surface area contributed by atoms with Gasteiger partial charge in [0, 0.05) is 13.1 Å². The first-order valence-corrected chi connectivity index (χ1v) is 3.63. The normalized spacial score (nSPS) is 15.4. The molecular formula is C6H10N4O. The number of methoxy groups -OCH3 is 1. The number of anilines is 1. The van der Waals surface area contributed by atoms with Crippen LogP contribution in [0.25, 0.3) is 0 Å². The van der Waals surface area contributed by atoms with Crippen molar-refractivity contribution in [2.75, 3.05) is 19.0 Å². The van der Waals surface area contributed by atoms with E-state index in [9.17, 15) is 0 Å². The van der Waals surface area contributed by atoms with E-state index in [2.05, 4.69) is 15.4 Å². The van der Waals surface area contributed by atoms with Crippen LogP contribution in [-0.2, 0) is 6.54 Å². The molecule has 1 aromatic rings. The van der Waals surface area contributed by atoms with Crippen molar-refractivity contribution in [3.05, 3.63) is 0 Å². The lowest BCUT2D eigenvalue weighted by Crippen LogP contribution is -2.17. The number of hydrogen-bond donors (Lipinski definition) is 1. The van der Waals surface area contributed by atoms with Crippen molar-refractivity contribution in [3.63, 3.8) is 0 Å². The molecule has 0 aliphatic carbocycles. The number of aromatic nitrogens is 3. The number of fused-ring (bicyclic) bond motifs is 1. The fourth-order valence-electron chi connectivity index (χ4n) is 1.12.